The monoisotopic (exact) mass is 290 g/mol. The van der Waals surface area contributed by atoms with Crippen molar-refractivity contribution in [2.24, 2.45) is 5.92 Å². The van der Waals surface area contributed by atoms with Gasteiger partial charge in [-0.15, -0.1) is 0 Å². The number of anilines is 1. The van der Waals surface area contributed by atoms with Gasteiger partial charge < -0.3 is 15.3 Å². The predicted octanol–water partition coefficient (Wildman–Crippen LogP) is 2.66. The normalized spacial score (nSPS) is 18.0. The first-order valence-electron chi connectivity index (χ1n) is 7.90. The molecule has 0 radical (unpaired) electrons. The second-order valence-corrected chi connectivity index (χ2v) is 5.89. The Morgan fingerprint density at radius 3 is 3.00 bits per heavy atom. The van der Waals surface area contributed by atoms with Gasteiger partial charge in [0.1, 0.15) is 0 Å². The second-order valence-electron chi connectivity index (χ2n) is 5.89. The fourth-order valence-corrected chi connectivity index (χ4v) is 2.86. The first-order chi connectivity index (χ1) is 10.2. The zero-order valence-electron chi connectivity index (χ0n) is 13.1. The molecule has 0 bridgehead atoms. The zero-order chi connectivity index (χ0) is 15.2. The number of amides is 1. The van der Waals surface area contributed by atoms with Crippen molar-refractivity contribution in [3.05, 3.63) is 29.3 Å². The van der Waals surface area contributed by atoms with Gasteiger partial charge in [-0.2, -0.15) is 0 Å². The molecule has 4 heteroatoms. The Kier molecular flexibility index (Phi) is 5.62. The van der Waals surface area contributed by atoms with Crippen LogP contribution in [0.1, 0.15) is 42.1 Å². The Morgan fingerprint density at radius 2 is 2.29 bits per heavy atom. The van der Waals surface area contributed by atoms with Crippen molar-refractivity contribution in [3.8, 4) is 0 Å². The van der Waals surface area contributed by atoms with Crippen LogP contribution in [0.5, 0.6) is 0 Å². The molecule has 1 heterocycles. The van der Waals surface area contributed by atoms with E-state index in [1.807, 2.05) is 30.0 Å². The van der Waals surface area contributed by atoms with Gasteiger partial charge in [-0.3, -0.25) is 4.79 Å². The second kappa shape index (κ2) is 7.46. The van der Waals surface area contributed by atoms with Crippen LogP contribution in [0.3, 0.4) is 0 Å². The molecule has 0 aromatic heterocycles. The van der Waals surface area contributed by atoms with Crippen molar-refractivity contribution in [2.45, 2.75) is 33.1 Å². The van der Waals surface area contributed by atoms with Crippen LogP contribution >= 0.6 is 0 Å². The molecule has 116 valence electrons. The van der Waals surface area contributed by atoms with Crippen molar-refractivity contribution in [2.75, 3.05) is 31.6 Å². The summed E-state index contributed by atoms with van der Waals surface area (Å²) in [5, 5.41) is 12.4. The summed E-state index contributed by atoms with van der Waals surface area (Å²) >= 11 is 0. The highest BCUT2D eigenvalue weighted by Crippen LogP contribution is 2.25. The SMILES string of the molecule is CCCNc1cc(C)ccc1C(=O)N1CCC(CCO)C1. The van der Waals surface area contributed by atoms with Gasteiger partial charge in [0.15, 0.2) is 0 Å². The fraction of sp³-hybridized carbons (Fsp3) is 0.588. The highest BCUT2D eigenvalue weighted by molar-refractivity contribution is 5.99. The number of benzene rings is 1. The standard InChI is InChI=1S/C17H26N2O2/c1-3-8-18-16-11-13(2)4-5-15(16)17(21)19-9-6-14(12-19)7-10-20/h4-5,11,14,18,20H,3,6-10,12H2,1-2H3. The fourth-order valence-electron chi connectivity index (χ4n) is 2.86. The van der Waals surface area contributed by atoms with E-state index in [1.165, 1.54) is 0 Å². The number of nitrogens with zero attached hydrogens (tertiary/aromatic N) is 1. The molecule has 1 unspecified atom stereocenters. The first-order valence-corrected chi connectivity index (χ1v) is 7.90. The van der Waals surface area contributed by atoms with Crippen LogP contribution < -0.4 is 5.32 Å². The van der Waals surface area contributed by atoms with Crippen LogP contribution in [0.15, 0.2) is 18.2 Å². The van der Waals surface area contributed by atoms with E-state index in [-0.39, 0.29) is 12.5 Å². The van der Waals surface area contributed by atoms with Gasteiger partial charge in [0.25, 0.3) is 5.91 Å². The number of aryl methyl sites for hydroxylation is 1. The highest BCUT2D eigenvalue weighted by atomic mass is 16.3. The third-order valence-electron chi connectivity index (χ3n) is 4.08. The Balaban J connectivity index is 2.11. The first kappa shape index (κ1) is 15.8. The van der Waals surface area contributed by atoms with Crippen LogP contribution in [0.4, 0.5) is 5.69 Å². The minimum absolute atomic E-state index is 0.106. The maximum absolute atomic E-state index is 12.7. The van der Waals surface area contributed by atoms with Crippen LogP contribution in [-0.4, -0.2) is 42.2 Å². The molecule has 1 fully saturated rings. The average molecular weight is 290 g/mol. The third kappa shape index (κ3) is 3.97. The number of hydrogen-bond donors (Lipinski definition) is 2. The molecule has 0 spiro atoms. The summed E-state index contributed by atoms with van der Waals surface area (Å²) in [7, 11) is 0. The lowest BCUT2D eigenvalue weighted by Gasteiger charge is -2.19. The summed E-state index contributed by atoms with van der Waals surface area (Å²) in [4.78, 5) is 14.6. The summed E-state index contributed by atoms with van der Waals surface area (Å²) in [6.07, 6.45) is 2.82. The van der Waals surface area contributed by atoms with Crippen LogP contribution in [0.2, 0.25) is 0 Å². The Labute approximate surface area is 127 Å². The van der Waals surface area contributed by atoms with Gasteiger partial charge in [0, 0.05) is 31.9 Å². The molecule has 1 aliphatic rings. The summed E-state index contributed by atoms with van der Waals surface area (Å²) in [5.41, 5.74) is 2.86. The van der Waals surface area contributed by atoms with E-state index in [1.54, 1.807) is 0 Å². The lowest BCUT2D eigenvalue weighted by atomic mass is 10.1. The van der Waals surface area contributed by atoms with Crippen molar-refractivity contribution < 1.29 is 9.90 Å². The molecule has 2 rings (SSSR count). The number of carbonyl (C=O) groups is 1. The van der Waals surface area contributed by atoms with E-state index in [0.29, 0.717) is 5.92 Å². The molecule has 1 aromatic carbocycles. The Morgan fingerprint density at radius 1 is 1.48 bits per heavy atom. The van der Waals surface area contributed by atoms with Crippen molar-refractivity contribution >= 4 is 11.6 Å². The molecular formula is C17H26N2O2. The van der Waals surface area contributed by atoms with Crippen molar-refractivity contribution in [3.63, 3.8) is 0 Å². The number of aliphatic hydroxyl groups excluding tert-OH is 1. The van der Waals surface area contributed by atoms with E-state index in [2.05, 4.69) is 12.2 Å². The van der Waals surface area contributed by atoms with Crippen molar-refractivity contribution in [1.29, 1.82) is 0 Å². The number of likely N-dealkylation sites (tertiary alicyclic amines) is 1. The Hall–Kier alpha value is -1.55. The third-order valence-corrected chi connectivity index (χ3v) is 4.08. The Bertz CT molecular complexity index is 488. The van der Waals surface area contributed by atoms with E-state index in [4.69, 9.17) is 5.11 Å². The van der Waals surface area contributed by atoms with E-state index in [0.717, 1.165) is 55.7 Å². The smallest absolute Gasteiger partial charge is 0.255 e. The topological polar surface area (TPSA) is 52.6 Å². The van der Waals surface area contributed by atoms with E-state index in [9.17, 15) is 4.79 Å². The van der Waals surface area contributed by atoms with Gasteiger partial charge in [-0.25, -0.2) is 0 Å². The van der Waals surface area contributed by atoms with Gasteiger partial charge in [0.2, 0.25) is 0 Å². The summed E-state index contributed by atoms with van der Waals surface area (Å²) in [5.74, 6) is 0.547. The number of carbonyl (C=O) groups excluding carboxylic acids is 1. The number of hydrogen-bond acceptors (Lipinski definition) is 3. The molecule has 0 saturated carbocycles. The molecule has 4 nitrogen and oxygen atoms in total. The lowest BCUT2D eigenvalue weighted by Crippen LogP contribution is -2.29. The summed E-state index contributed by atoms with van der Waals surface area (Å²) in [6, 6.07) is 5.96. The van der Waals surface area contributed by atoms with Gasteiger partial charge in [0.05, 0.1) is 5.56 Å². The molecule has 21 heavy (non-hydrogen) atoms. The zero-order valence-corrected chi connectivity index (χ0v) is 13.1. The highest BCUT2D eigenvalue weighted by Gasteiger charge is 2.27. The van der Waals surface area contributed by atoms with Crippen LogP contribution in [0, 0.1) is 12.8 Å². The lowest BCUT2D eigenvalue weighted by molar-refractivity contribution is 0.0785. The molecule has 1 saturated heterocycles. The summed E-state index contributed by atoms with van der Waals surface area (Å²) in [6.45, 7) is 6.80. The molecule has 0 aliphatic carbocycles. The van der Waals surface area contributed by atoms with E-state index < -0.39 is 0 Å². The largest absolute Gasteiger partial charge is 0.396 e. The molecular weight excluding hydrogens is 264 g/mol. The van der Waals surface area contributed by atoms with Gasteiger partial charge >= 0.3 is 0 Å². The van der Waals surface area contributed by atoms with Crippen LogP contribution in [0.25, 0.3) is 0 Å². The van der Waals surface area contributed by atoms with Gasteiger partial charge in [-0.1, -0.05) is 13.0 Å². The molecule has 1 aliphatic heterocycles. The minimum Gasteiger partial charge on any atom is -0.396 e. The minimum atomic E-state index is 0.106. The molecule has 1 aromatic rings. The molecule has 2 N–H and O–H groups in total. The summed E-state index contributed by atoms with van der Waals surface area (Å²) < 4.78 is 0. The number of nitrogens with one attached hydrogen (secondary N) is 1. The number of aliphatic hydroxyl groups is 1. The maximum atomic E-state index is 12.7. The van der Waals surface area contributed by atoms with Crippen LogP contribution in [-0.2, 0) is 0 Å². The quantitative estimate of drug-likeness (QED) is 0.847. The number of rotatable bonds is 6. The maximum Gasteiger partial charge on any atom is 0.255 e. The van der Waals surface area contributed by atoms with Crippen molar-refractivity contribution in [1.82, 2.24) is 4.90 Å². The predicted molar refractivity (Wildman–Crippen MR) is 85.7 cm³/mol. The molecule has 1 amide bonds. The average Bonchev–Trinajstić information content (AvgIpc) is 2.93. The van der Waals surface area contributed by atoms with E-state index >= 15 is 0 Å². The van der Waals surface area contributed by atoms with Gasteiger partial charge in [-0.05, 0) is 49.8 Å². The molecule has 1 atom stereocenters.